The molecule has 1 saturated heterocycles. The number of carboxylic acids is 1. The third-order valence-electron chi connectivity index (χ3n) is 2.40. The van der Waals surface area contributed by atoms with Crippen LogP contribution in [-0.4, -0.2) is 46.8 Å². The molecule has 0 aromatic carbocycles. The summed E-state index contributed by atoms with van der Waals surface area (Å²) in [6.45, 7) is 6.62. The molecule has 1 fully saturated rings. The van der Waals surface area contributed by atoms with Crippen LogP contribution in [0.4, 0.5) is 0 Å². The van der Waals surface area contributed by atoms with E-state index in [4.69, 9.17) is 9.84 Å². The van der Waals surface area contributed by atoms with Crippen LogP contribution in [0.15, 0.2) is 0 Å². The lowest BCUT2D eigenvalue weighted by molar-refractivity contribution is -0.155. The maximum atomic E-state index is 11.5. The summed E-state index contributed by atoms with van der Waals surface area (Å²) in [5.74, 6) is -1.32. The second-order valence-corrected chi connectivity index (χ2v) is 5.21. The molecule has 3 N–H and O–H groups in total. The quantitative estimate of drug-likeness (QED) is 0.593. The van der Waals surface area contributed by atoms with Gasteiger partial charge in [-0.2, -0.15) is 5.53 Å². The summed E-state index contributed by atoms with van der Waals surface area (Å²) in [7, 11) is 0. The summed E-state index contributed by atoms with van der Waals surface area (Å²) in [5.41, 5.74) is 5.05. The highest BCUT2D eigenvalue weighted by molar-refractivity contribution is 5.75. The molecule has 1 atom stereocenters. The number of carbonyl (C=O) groups excluding carboxylic acids is 1. The van der Waals surface area contributed by atoms with Crippen molar-refractivity contribution >= 4 is 11.9 Å². The summed E-state index contributed by atoms with van der Waals surface area (Å²) in [6, 6.07) is -0.729. The predicted octanol–water partition coefficient (Wildman–Crippen LogP) is -0.114. The highest BCUT2D eigenvalue weighted by Crippen LogP contribution is 2.12. The molecule has 1 rings (SSSR count). The minimum atomic E-state index is -0.949. The molecule has 104 valence electrons. The van der Waals surface area contributed by atoms with Crippen molar-refractivity contribution in [2.24, 2.45) is 0 Å². The fraction of sp³-hybridized carbons (Fsp3) is 0.818. The number of nitrogens with zero attached hydrogens (tertiary/aromatic N) is 1. The molecule has 0 spiro atoms. The second-order valence-electron chi connectivity index (χ2n) is 5.21. The van der Waals surface area contributed by atoms with E-state index in [1.165, 1.54) is 0 Å². The zero-order valence-corrected chi connectivity index (χ0v) is 11.0. The van der Waals surface area contributed by atoms with Crippen molar-refractivity contribution in [2.45, 2.75) is 45.3 Å². The van der Waals surface area contributed by atoms with Crippen molar-refractivity contribution in [1.82, 2.24) is 16.0 Å². The number of esters is 1. The molecule has 0 amide bonds. The van der Waals surface area contributed by atoms with Crippen LogP contribution in [0.1, 0.15) is 33.6 Å². The SMILES string of the molecule is CC(C)(C)OC(=O)CCC(C(=O)O)N1CCNN1. The van der Waals surface area contributed by atoms with E-state index in [0.29, 0.717) is 13.1 Å². The number of ether oxygens (including phenoxy) is 1. The molecule has 1 aliphatic heterocycles. The number of carboxylic acid groups (broad SMARTS) is 1. The first-order chi connectivity index (χ1) is 8.29. The highest BCUT2D eigenvalue weighted by Gasteiger charge is 2.29. The first kappa shape index (κ1) is 14.9. The molecular formula is C11H21N3O4. The van der Waals surface area contributed by atoms with Crippen molar-refractivity contribution in [3.8, 4) is 0 Å². The predicted molar refractivity (Wildman–Crippen MR) is 64.3 cm³/mol. The van der Waals surface area contributed by atoms with Gasteiger partial charge in [0.15, 0.2) is 0 Å². The zero-order valence-electron chi connectivity index (χ0n) is 11.0. The number of hydrogen-bond donors (Lipinski definition) is 3. The van der Waals surface area contributed by atoms with Crippen LogP contribution < -0.4 is 11.0 Å². The first-order valence-electron chi connectivity index (χ1n) is 5.99. The summed E-state index contributed by atoms with van der Waals surface area (Å²) >= 11 is 0. The zero-order chi connectivity index (χ0) is 13.8. The summed E-state index contributed by atoms with van der Waals surface area (Å²) in [4.78, 5) is 22.7. The molecule has 0 aromatic heterocycles. The average molecular weight is 259 g/mol. The van der Waals surface area contributed by atoms with Crippen LogP contribution in [0.3, 0.4) is 0 Å². The smallest absolute Gasteiger partial charge is 0.322 e. The first-order valence-corrected chi connectivity index (χ1v) is 5.99. The molecule has 1 aliphatic rings. The van der Waals surface area contributed by atoms with E-state index < -0.39 is 17.6 Å². The molecule has 0 bridgehead atoms. The Morgan fingerprint density at radius 2 is 2.11 bits per heavy atom. The molecule has 18 heavy (non-hydrogen) atoms. The lowest BCUT2D eigenvalue weighted by Gasteiger charge is -2.24. The van der Waals surface area contributed by atoms with Crippen molar-refractivity contribution in [2.75, 3.05) is 13.1 Å². The van der Waals surface area contributed by atoms with Gasteiger partial charge in [0.05, 0.1) is 0 Å². The molecule has 1 heterocycles. The van der Waals surface area contributed by atoms with Crippen LogP contribution in [0.5, 0.6) is 0 Å². The van der Waals surface area contributed by atoms with Gasteiger partial charge in [-0.15, -0.1) is 0 Å². The number of hydrazine groups is 2. The fourth-order valence-electron chi connectivity index (χ4n) is 1.68. The molecule has 7 heteroatoms. The van der Waals surface area contributed by atoms with Crippen LogP contribution >= 0.6 is 0 Å². The van der Waals surface area contributed by atoms with E-state index in [1.807, 2.05) is 0 Å². The molecule has 0 aromatic rings. The maximum Gasteiger partial charge on any atom is 0.322 e. The number of carbonyl (C=O) groups is 2. The van der Waals surface area contributed by atoms with Gasteiger partial charge in [0, 0.05) is 19.5 Å². The highest BCUT2D eigenvalue weighted by atomic mass is 16.6. The molecule has 0 aliphatic carbocycles. The average Bonchev–Trinajstić information content (AvgIpc) is 2.67. The Kier molecular flexibility index (Phi) is 5.06. The number of rotatable bonds is 5. The van der Waals surface area contributed by atoms with Crippen molar-refractivity contribution in [3.63, 3.8) is 0 Å². The molecule has 0 radical (unpaired) electrons. The largest absolute Gasteiger partial charge is 0.480 e. The van der Waals surface area contributed by atoms with E-state index in [0.717, 1.165) is 0 Å². The second kappa shape index (κ2) is 6.12. The lowest BCUT2D eigenvalue weighted by Crippen LogP contribution is -2.47. The number of nitrogens with one attached hydrogen (secondary N) is 2. The van der Waals surface area contributed by atoms with Crippen LogP contribution in [0.2, 0.25) is 0 Å². The van der Waals surface area contributed by atoms with Crippen LogP contribution in [0, 0.1) is 0 Å². The Labute approximate surface area is 106 Å². The van der Waals surface area contributed by atoms with Gasteiger partial charge < -0.3 is 9.84 Å². The van der Waals surface area contributed by atoms with E-state index >= 15 is 0 Å². The molecule has 1 unspecified atom stereocenters. The molecular weight excluding hydrogens is 238 g/mol. The summed E-state index contributed by atoms with van der Waals surface area (Å²) < 4.78 is 5.14. The molecule has 7 nitrogen and oxygen atoms in total. The van der Waals surface area contributed by atoms with Gasteiger partial charge in [0.1, 0.15) is 11.6 Å². The van der Waals surface area contributed by atoms with Gasteiger partial charge in [-0.3, -0.25) is 9.59 Å². The Morgan fingerprint density at radius 3 is 2.56 bits per heavy atom. The minimum Gasteiger partial charge on any atom is -0.480 e. The lowest BCUT2D eigenvalue weighted by atomic mass is 10.1. The van der Waals surface area contributed by atoms with Gasteiger partial charge in [0.2, 0.25) is 0 Å². The van der Waals surface area contributed by atoms with Crippen LogP contribution in [0.25, 0.3) is 0 Å². The third kappa shape index (κ3) is 4.99. The summed E-state index contributed by atoms with van der Waals surface area (Å²) in [5, 5.41) is 10.7. The third-order valence-corrected chi connectivity index (χ3v) is 2.40. The Hall–Kier alpha value is -1.18. The van der Waals surface area contributed by atoms with E-state index in [9.17, 15) is 9.59 Å². The van der Waals surface area contributed by atoms with Gasteiger partial charge in [-0.05, 0) is 27.2 Å². The standard InChI is InChI=1S/C11H21N3O4/c1-11(2,3)18-9(15)5-4-8(10(16)17)14-7-6-12-13-14/h8,12-13H,4-7H2,1-3H3,(H,16,17). The topological polar surface area (TPSA) is 90.9 Å². The minimum absolute atomic E-state index is 0.0897. The number of hydrogen-bond acceptors (Lipinski definition) is 6. The van der Waals surface area contributed by atoms with Crippen molar-refractivity contribution in [3.05, 3.63) is 0 Å². The maximum absolute atomic E-state index is 11.5. The monoisotopic (exact) mass is 259 g/mol. The Balaban J connectivity index is 2.42. The van der Waals surface area contributed by atoms with Gasteiger partial charge in [-0.1, -0.05) is 0 Å². The van der Waals surface area contributed by atoms with E-state index in [-0.39, 0.29) is 18.8 Å². The van der Waals surface area contributed by atoms with Crippen molar-refractivity contribution < 1.29 is 19.4 Å². The Morgan fingerprint density at radius 1 is 1.44 bits per heavy atom. The van der Waals surface area contributed by atoms with Gasteiger partial charge in [0.25, 0.3) is 0 Å². The Bertz CT molecular complexity index is 308. The van der Waals surface area contributed by atoms with Gasteiger partial charge >= 0.3 is 11.9 Å². The molecule has 0 saturated carbocycles. The van der Waals surface area contributed by atoms with E-state index in [2.05, 4.69) is 11.0 Å². The fourth-order valence-corrected chi connectivity index (χ4v) is 1.68. The van der Waals surface area contributed by atoms with Crippen LogP contribution in [-0.2, 0) is 14.3 Å². The number of aliphatic carboxylic acids is 1. The van der Waals surface area contributed by atoms with Crippen molar-refractivity contribution in [1.29, 1.82) is 0 Å². The van der Waals surface area contributed by atoms with Gasteiger partial charge in [-0.25, -0.2) is 10.4 Å². The van der Waals surface area contributed by atoms with E-state index in [1.54, 1.807) is 25.8 Å². The summed E-state index contributed by atoms with van der Waals surface area (Å²) in [6.07, 6.45) is 0.311. The normalized spacial score (nSPS) is 18.6.